The lowest BCUT2D eigenvalue weighted by atomic mass is 10.2. The summed E-state index contributed by atoms with van der Waals surface area (Å²) in [5.74, 6) is -3.08. The van der Waals surface area contributed by atoms with Gasteiger partial charge in [0.1, 0.15) is 6.33 Å². The molecule has 0 saturated heterocycles. The number of hydrogen-bond donors (Lipinski definition) is 3. The van der Waals surface area contributed by atoms with Crippen molar-refractivity contribution in [2.75, 3.05) is 10.7 Å². The zero-order valence-electron chi connectivity index (χ0n) is 15.3. The highest BCUT2D eigenvalue weighted by molar-refractivity contribution is 7.89. The minimum absolute atomic E-state index is 0.0121. The van der Waals surface area contributed by atoms with Crippen LogP contribution in [-0.2, 0) is 10.0 Å². The zero-order chi connectivity index (χ0) is 21.9. The first-order chi connectivity index (χ1) is 14.2. The smallest absolute Gasteiger partial charge is 0.334 e. The number of sulfonamides is 1. The van der Waals surface area contributed by atoms with Crippen molar-refractivity contribution in [3.05, 3.63) is 76.1 Å². The van der Waals surface area contributed by atoms with Gasteiger partial charge in [0.2, 0.25) is 11.6 Å². The molecule has 0 fully saturated rings. The molecule has 1 aromatic heterocycles. The third-order valence-electron chi connectivity index (χ3n) is 3.82. The average molecular weight is 436 g/mol. The molecule has 10 nitrogen and oxygen atoms in total. The van der Waals surface area contributed by atoms with Crippen molar-refractivity contribution in [2.45, 2.75) is 11.8 Å². The summed E-state index contributed by atoms with van der Waals surface area (Å²) >= 11 is 0. The summed E-state index contributed by atoms with van der Waals surface area (Å²) < 4.78 is 51.2. The second kappa shape index (κ2) is 8.34. The van der Waals surface area contributed by atoms with E-state index in [1.54, 1.807) is 19.1 Å². The van der Waals surface area contributed by atoms with E-state index in [-0.39, 0.29) is 16.4 Å². The van der Waals surface area contributed by atoms with E-state index in [1.807, 2.05) is 4.83 Å². The van der Waals surface area contributed by atoms with E-state index in [2.05, 4.69) is 20.7 Å². The summed E-state index contributed by atoms with van der Waals surface area (Å²) in [5.41, 5.74) is 2.31. The van der Waals surface area contributed by atoms with E-state index in [1.165, 1.54) is 12.1 Å². The molecule has 0 radical (unpaired) electrons. The monoisotopic (exact) mass is 436 g/mol. The van der Waals surface area contributed by atoms with Gasteiger partial charge in [0.25, 0.3) is 10.0 Å². The molecule has 0 aliphatic rings. The third kappa shape index (κ3) is 4.64. The van der Waals surface area contributed by atoms with E-state index < -0.39 is 38.1 Å². The van der Waals surface area contributed by atoms with Crippen LogP contribution in [0.15, 0.2) is 53.7 Å². The summed E-state index contributed by atoms with van der Waals surface area (Å²) in [5, 5.41) is 14.0. The lowest BCUT2D eigenvalue weighted by Crippen LogP contribution is -2.30. The summed E-state index contributed by atoms with van der Waals surface area (Å²) in [4.78, 5) is 20.0. The fourth-order valence-electron chi connectivity index (χ4n) is 2.34. The van der Waals surface area contributed by atoms with Crippen LogP contribution in [0.2, 0.25) is 0 Å². The molecule has 0 aliphatic carbocycles. The number of aromatic nitrogens is 2. The van der Waals surface area contributed by atoms with Gasteiger partial charge in [0.05, 0.1) is 9.82 Å². The lowest BCUT2D eigenvalue weighted by molar-refractivity contribution is -0.383. The van der Waals surface area contributed by atoms with Crippen LogP contribution in [0.5, 0.6) is 0 Å². The maximum atomic E-state index is 13.4. The Kier molecular flexibility index (Phi) is 5.84. The van der Waals surface area contributed by atoms with Crippen molar-refractivity contribution in [1.29, 1.82) is 0 Å². The van der Waals surface area contributed by atoms with Gasteiger partial charge in [-0.3, -0.25) is 15.5 Å². The second-order valence-corrected chi connectivity index (χ2v) is 7.66. The van der Waals surface area contributed by atoms with Crippen LogP contribution in [0.1, 0.15) is 5.56 Å². The molecule has 2 aromatic carbocycles. The number of nitrogens with zero attached hydrogens (tertiary/aromatic N) is 3. The molecule has 0 atom stereocenters. The summed E-state index contributed by atoms with van der Waals surface area (Å²) in [6.07, 6.45) is 0.928. The number of benzene rings is 2. The van der Waals surface area contributed by atoms with Crippen molar-refractivity contribution < 1.29 is 22.1 Å². The fourth-order valence-corrected chi connectivity index (χ4v) is 3.18. The standard InChI is InChI=1S/C17H14F2N6O4S/c1-10-2-5-12(6-3-10)30(28,29)24-23-17-15(25(26)27)16(20-9-21-17)22-11-4-7-13(18)14(19)8-11/h2-9,24H,1H3,(H2,20,21,22,23). The second-order valence-electron chi connectivity index (χ2n) is 5.97. The van der Waals surface area contributed by atoms with Crippen LogP contribution in [0.25, 0.3) is 0 Å². The molecule has 0 amide bonds. The molecule has 3 aromatic rings. The first-order valence-corrected chi connectivity index (χ1v) is 9.71. The molecule has 0 saturated carbocycles. The third-order valence-corrected chi connectivity index (χ3v) is 5.09. The molecule has 0 spiro atoms. The summed E-state index contributed by atoms with van der Waals surface area (Å²) in [6.45, 7) is 1.79. The highest BCUT2D eigenvalue weighted by Gasteiger charge is 2.25. The Balaban J connectivity index is 1.88. The summed E-state index contributed by atoms with van der Waals surface area (Å²) in [6, 6.07) is 8.68. The van der Waals surface area contributed by atoms with Gasteiger partial charge >= 0.3 is 5.69 Å². The Morgan fingerprint density at radius 1 is 1.00 bits per heavy atom. The molecular weight excluding hydrogens is 422 g/mol. The average Bonchev–Trinajstić information content (AvgIpc) is 2.69. The van der Waals surface area contributed by atoms with Crippen molar-refractivity contribution in [1.82, 2.24) is 14.8 Å². The van der Waals surface area contributed by atoms with Gasteiger partial charge < -0.3 is 5.32 Å². The van der Waals surface area contributed by atoms with Gasteiger partial charge in [-0.05, 0) is 31.2 Å². The van der Waals surface area contributed by atoms with Crippen LogP contribution in [0, 0.1) is 28.7 Å². The molecule has 3 N–H and O–H groups in total. The van der Waals surface area contributed by atoms with Crippen LogP contribution < -0.4 is 15.6 Å². The van der Waals surface area contributed by atoms with E-state index in [4.69, 9.17) is 0 Å². The molecular formula is C17H14F2N6O4S. The van der Waals surface area contributed by atoms with Crippen LogP contribution in [0.3, 0.4) is 0 Å². The Hall–Kier alpha value is -3.71. The molecule has 0 bridgehead atoms. The lowest BCUT2D eigenvalue weighted by Gasteiger charge is -2.11. The largest absolute Gasteiger partial charge is 0.354 e. The van der Waals surface area contributed by atoms with Crippen molar-refractivity contribution >= 4 is 33.0 Å². The number of hydrazine groups is 1. The van der Waals surface area contributed by atoms with Crippen LogP contribution in [0.4, 0.5) is 31.8 Å². The normalized spacial score (nSPS) is 11.2. The predicted molar refractivity (Wildman–Crippen MR) is 103 cm³/mol. The number of hydrogen-bond acceptors (Lipinski definition) is 8. The first kappa shape index (κ1) is 21.0. The Bertz CT molecular complexity index is 1210. The van der Waals surface area contributed by atoms with Gasteiger partial charge in [-0.25, -0.2) is 27.2 Å². The SMILES string of the molecule is Cc1ccc(S(=O)(=O)NNc2ncnc(Nc3ccc(F)c(F)c3)c2[N+](=O)[O-])cc1. The summed E-state index contributed by atoms with van der Waals surface area (Å²) in [7, 11) is -4.06. The minimum atomic E-state index is -4.06. The van der Waals surface area contributed by atoms with E-state index in [0.717, 1.165) is 30.1 Å². The zero-order valence-corrected chi connectivity index (χ0v) is 16.1. The van der Waals surface area contributed by atoms with Gasteiger partial charge in [-0.1, -0.05) is 17.7 Å². The molecule has 3 rings (SSSR count). The van der Waals surface area contributed by atoms with E-state index in [9.17, 15) is 27.3 Å². The van der Waals surface area contributed by atoms with Gasteiger partial charge in [-0.15, -0.1) is 4.83 Å². The number of halogens is 2. The topological polar surface area (TPSA) is 139 Å². The molecule has 0 unspecified atom stereocenters. The van der Waals surface area contributed by atoms with Crippen molar-refractivity contribution in [3.8, 4) is 0 Å². The first-order valence-electron chi connectivity index (χ1n) is 8.23. The molecule has 30 heavy (non-hydrogen) atoms. The maximum absolute atomic E-state index is 13.4. The maximum Gasteiger partial charge on any atom is 0.354 e. The van der Waals surface area contributed by atoms with E-state index >= 15 is 0 Å². The Labute approximate surface area is 169 Å². The molecule has 13 heteroatoms. The molecule has 156 valence electrons. The van der Waals surface area contributed by atoms with Crippen LogP contribution in [-0.4, -0.2) is 23.3 Å². The van der Waals surface area contributed by atoms with Gasteiger partial charge in [0.15, 0.2) is 11.6 Å². The van der Waals surface area contributed by atoms with Crippen molar-refractivity contribution in [2.24, 2.45) is 0 Å². The fraction of sp³-hybridized carbons (Fsp3) is 0.0588. The Morgan fingerprint density at radius 3 is 2.30 bits per heavy atom. The van der Waals surface area contributed by atoms with Crippen molar-refractivity contribution in [3.63, 3.8) is 0 Å². The number of rotatable bonds is 7. The molecule has 1 heterocycles. The number of nitro groups is 1. The number of nitrogens with one attached hydrogen (secondary N) is 3. The van der Waals surface area contributed by atoms with Crippen LogP contribution >= 0.6 is 0 Å². The molecule has 0 aliphatic heterocycles. The minimum Gasteiger partial charge on any atom is -0.334 e. The number of aryl methyl sites for hydroxylation is 1. The highest BCUT2D eigenvalue weighted by Crippen LogP contribution is 2.31. The predicted octanol–water partition coefficient (Wildman–Crippen LogP) is 3.02. The quantitative estimate of drug-likeness (QED) is 0.379. The highest BCUT2D eigenvalue weighted by atomic mass is 32.2. The Morgan fingerprint density at radius 2 is 1.67 bits per heavy atom. The van der Waals surface area contributed by atoms with Gasteiger partial charge in [0, 0.05) is 11.8 Å². The van der Waals surface area contributed by atoms with Gasteiger partial charge in [-0.2, -0.15) is 0 Å². The number of anilines is 3. The van der Waals surface area contributed by atoms with E-state index in [0.29, 0.717) is 0 Å².